The molecule has 0 radical (unpaired) electrons. The maximum Gasteiger partial charge on any atom is 0.416 e. The average Bonchev–Trinajstić information content (AvgIpc) is 3.25. The van der Waals surface area contributed by atoms with Crippen molar-refractivity contribution in [1.29, 1.82) is 0 Å². The second-order valence-corrected chi connectivity index (χ2v) is 9.00. The highest BCUT2D eigenvalue weighted by Gasteiger charge is 2.54. The molecule has 1 spiro atoms. The smallest absolute Gasteiger partial charge is 0.337 e. The number of amides is 2. The summed E-state index contributed by atoms with van der Waals surface area (Å²) in [6.45, 7) is 1.30. The number of hydrogen-bond donors (Lipinski definition) is 1. The van der Waals surface area contributed by atoms with Crippen LogP contribution in [0.3, 0.4) is 0 Å². The van der Waals surface area contributed by atoms with Crippen LogP contribution in [0, 0.1) is 11.3 Å². The Kier molecular flexibility index (Phi) is 4.58. The van der Waals surface area contributed by atoms with Gasteiger partial charge in [0.2, 0.25) is 5.91 Å². The second kappa shape index (κ2) is 7.11. The number of benzene rings is 1. The highest BCUT2D eigenvalue weighted by atomic mass is 19.4. The lowest BCUT2D eigenvalue weighted by Gasteiger charge is -2.59. The summed E-state index contributed by atoms with van der Waals surface area (Å²) < 4.78 is 42.0. The third-order valence-corrected chi connectivity index (χ3v) is 6.50. The van der Waals surface area contributed by atoms with Crippen molar-refractivity contribution >= 4 is 23.1 Å². The molecule has 2 aliphatic rings. The van der Waals surface area contributed by atoms with Gasteiger partial charge in [-0.2, -0.15) is 18.3 Å². The van der Waals surface area contributed by atoms with Crippen LogP contribution in [0.25, 0.3) is 5.65 Å². The summed E-state index contributed by atoms with van der Waals surface area (Å²) in [5, 5.41) is 6.78. The van der Waals surface area contributed by atoms with E-state index in [0.717, 1.165) is 30.6 Å². The predicted molar refractivity (Wildman–Crippen MR) is 110 cm³/mol. The highest BCUT2D eigenvalue weighted by molar-refractivity contribution is 6.00. The number of imidazole rings is 1. The fourth-order valence-corrected chi connectivity index (χ4v) is 5.09. The van der Waals surface area contributed by atoms with E-state index in [1.165, 1.54) is 12.1 Å². The molecule has 5 rings (SSSR count). The van der Waals surface area contributed by atoms with Crippen LogP contribution >= 0.6 is 0 Å². The molecule has 3 heterocycles. The predicted octanol–water partition coefficient (Wildman–Crippen LogP) is 3.57. The van der Waals surface area contributed by atoms with Gasteiger partial charge in [0.15, 0.2) is 0 Å². The fourth-order valence-electron chi connectivity index (χ4n) is 5.09. The molecule has 0 bridgehead atoms. The summed E-state index contributed by atoms with van der Waals surface area (Å²) in [7, 11) is 1.87. The second-order valence-electron chi connectivity index (χ2n) is 9.00. The number of aryl methyl sites for hydroxylation is 1. The molecule has 2 aromatic heterocycles. The van der Waals surface area contributed by atoms with Crippen LogP contribution in [0.15, 0.2) is 42.9 Å². The van der Waals surface area contributed by atoms with Gasteiger partial charge in [0, 0.05) is 50.1 Å². The number of alkyl halides is 3. The van der Waals surface area contributed by atoms with Crippen molar-refractivity contribution in [3.63, 3.8) is 0 Å². The molecule has 7 nitrogen and oxygen atoms in total. The van der Waals surface area contributed by atoms with Crippen molar-refractivity contribution in [3.8, 4) is 0 Å². The molecule has 0 unspecified atom stereocenters. The van der Waals surface area contributed by atoms with Gasteiger partial charge in [-0.25, -0.2) is 4.52 Å². The van der Waals surface area contributed by atoms with E-state index >= 15 is 0 Å². The molecule has 1 aliphatic carbocycles. The van der Waals surface area contributed by atoms with Crippen molar-refractivity contribution in [2.75, 3.05) is 18.4 Å². The lowest BCUT2D eigenvalue weighted by atomic mass is 9.57. The van der Waals surface area contributed by atoms with Gasteiger partial charge in [-0.3, -0.25) is 9.59 Å². The number of carbonyl (C=O) groups is 2. The lowest BCUT2D eigenvalue weighted by molar-refractivity contribution is -0.137. The SMILES string of the molecule is Cn1ccn2ncc(C(=O)N3CC4(CC(CC(=O)Nc5cccc(C(F)(F)F)c5)C4)C3)c12. The van der Waals surface area contributed by atoms with Gasteiger partial charge in [-0.1, -0.05) is 6.07 Å². The first-order valence-electron chi connectivity index (χ1n) is 10.4. The number of likely N-dealkylation sites (tertiary alicyclic amines) is 1. The number of rotatable bonds is 4. The standard InChI is InChI=1S/C22H22F3N5O2/c1-28-5-6-30-19(28)17(11-26-30)20(32)29-12-21(13-29)9-14(10-21)7-18(31)27-16-4-2-3-15(8-16)22(23,24)25/h2-6,8,11,14H,7,9-10,12-13H2,1H3,(H,27,31). The van der Waals surface area contributed by atoms with E-state index in [9.17, 15) is 22.8 Å². The summed E-state index contributed by atoms with van der Waals surface area (Å²) in [6, 6.07) is 4.64. The summed E-state index contributed by atoms with van der Waals surface area (Å²) in [5.74, 6) is -0.158. The molecule has 1 saturated carbocycles. The lowest BCUT2D eigenvalue weighted by Crippen LogP contribution is -2.63. The normalized spacial score (nSPS) is 17.9. The molecular weight excluding hydrogens is 423 g/mol. The molecule has 10 heteroatoms. The average molecular weight is 445 g/mol. The minimum atomic E-state index is -4.45. The third kappa shape index (κ3) is 3.53. The van der Waals surface area contributed by atoms with E-state index in [0.29, 0.717) is 18.7 Å². The van der Waals surface area contributed by atoms with Crippen molar-refractivity contribution in [1.82, 2.24) is 19.1 Å². The first-order chi connectivity index (χ1) is 15.1. The largest absolute Gasteiger partial charge is 0.416 e. The zero-order valence-electron chi connectivity index (χ0n) is 17.4. The molecule has 1 aromatic carbocycles. The van der Waals surface area contributed by atoms with E-state index < -0.39 is 11.7 Å². The van der Waals surface area contributed by atoms with E-state index in [4.69, 9.17) is 0 Å². The van der Waals surface area contributed by atoms with Crippen molar-refractivity contribution in [2.45, 2.75) is 25.4 Å². The number of aromatic nitrogens is 3. The zero-order valence-corrected chi connectivity index (χ0v) is 17.4. The van der Waals surface area contributed by atoms with E-state index in [1.54, 1.807) is 16.9 Å². The van der Waals surface area contributed by atoms with Crippen LogP contribution in [0.5, 0.6) is 0 Å². The molecule has 2 fully saturated rings. The van der Waals surface area contributed by atoms with Crippen LogP contribution in [-0.2, 0) is 18.0 Å². The number of nitrogens with one attached hydrogen (secondary N) is 1. The van der Waals surface area contributed by atoms with Crippen LogP contribution in [0.1, 0.15) is 35.2 Å². The Balaban J connectivity index is 1.12. The van der Waals surface area contributed by atoms with Crippen LogP contribution in [0.2, 0.25) is 0 Å². The van der Waals surface area contributed by atoms with Gasteiger partial charge >= 0.3 is 6.18 Å². The van der Waals surface area contributed by atoms with Gasteiger partial charge in [0.05, 0.1) is 11.8 Å². The molecular formula is C22H22F3N5O2. The Morgan fingerprint density at radius 3 is 2.69 bits per heavy atom. The molecule has 3 aromatic rings. The molecule has 168 valence electrons. The quantitative estimate of drug-likeness (QED) is 0.668. The van der Waals surface area contributed by atoms with Gasteiger partial charge < -0.3 is 14.8 Å². The van der Waals surface area contributed by atoms with Gasteiger partial charge in [0.25, 0.3) is 5.91 Å². The molecule has 0 atom stereocenters. The van der Waals surface area contributed by atoms with Gasteiger partial charge in [0.1, 0.15) is 11.2 Å². The number of halogens is 3. The molecule has 32 heavy (non-hydrogen) atoms. The van der Waals surface area contributed by atoms with E-state index in [-0.39, 0.29) is 35.3 Å². The minimum absolute atomic E-state index is 0.0434. The van der Waals surface area contributed by atoms with E-state index in [2.05, 4.69) is 10.4 Å². The monoisotopic (exact) mass is 445 g/mol. The molecule has 1 aliphatic heterocycles. The Bertz CT molecular complexity index is 1200. The summed E-state index contributed by atoms with van der Waals surface area (Å²) >= 11 is 0. The first-order valence-corrected chi connectivity index (χ1v) is 10.4. The number of carbonyl (C=O) groups excluding carboxylic acids is 2. The van der Waals surface area contributed by atoms with Crippen LogP contribution in [0.4, 0.5) is 18.9 Å². The zero-order chi connectivity index (χ0) is 22.7. The van der Waals surface area contributed by atoms with Gasteiger partial charge in [-0.15, -0.1) is 0 Å². The first kappa shape index (κ1) is 20.6. The molecule has 1 saturated heterocycles. The van der Waals surface area contributed by atoms with Crippen molar-refractivity contribution in [3.05, 3.63) is 54.0 Å². The van der Waals surface area contributed by atoms with Crippen LogP contribution in [-0.4, -0.2) is 44.0 Å². The summed E-state index contributed by atoms with van der Waals surface area (Å²) in [4.78, 5) is 26.9. The highest BCUT2D eigenvalue weighted by Crippen LogP contribution is 2.53. The maximum atomic E-state index is 12.9. The van der Waals surface area contributed by atoms with Crippen molar-refractivity contribution in [2.24, 2.45) is 18.4 Å². The van der Waals surface area contributed by atoms with Crippen LogP contribution < -0.4 is 5.32 Å². The third-order valence-electron chi connectivity index (χ3n) is 6.50. The Labute approximate surface area is 181 Å². The number of nitrogens with zero attached hydrogens (tertiary/aromatic N) is 4. The minimum Gasteiger partial charge on any atom is -0.337 e. The Morgan fingerprint density at radius 1 is 1.22 bits per heavy atom. The summed E-state index contributed by atoms with van der Waals surface area (Å²) in [5.41, 5.74) is 0.741. The number of fused-ring (bicyclic) bond motifs is 1. The molecule has 2 amide bonds. The Morgan fingerprint density at radius 2 is 1.97 bits per heavy atom. The topological polar surface area (TPSA) is 71.6 Å². The fraction of sp³-hybridized carbons (Fsp3) is 0.409. The van der Waals surface area contributed by atoms with E-state index in [1.807, 2.05) is 22.7 Å². The van der Waals surface area contributed by atoms with Crippen molar-refractivity contribution < 1.29 is 22.8 Å². The number of hydrogen-bond acceptors (Lipinski definition) is 3. The van der Waals surface area contributed by atoms with Gasteiger partial charge in [-0.05, 0) is 37.0 Å². The maximum absolute atomic E-state index is 12.9. The summed E-state index contributed by atoms with van der Waals surface area (Å²) in [6.07, 6.45) is 2.71. The molecule has 1 N–H and O–H groups in total. The Hall–Kier alpha value is -3.30. The number of anilines is 1.